The number of nitro groups is 1. The van der Waals surface area contributed by atoms with Crippen LogP contribution < -0.4 is 10.6 Å². The van der Waals surface area contributed by atoms with Crippen LogP contribution in [0.3, 0.4) is 0 Å². The molecule has 0 atom stereocenters. The second-order valence-electron chi connectivity index (χ2n) is 5.37. The van der Waals surface area contributed by atoms with Gasteiger partial charge in [0.2, 0.25) is 10.0 Å². The van der Waals surface area contributed by atoms with E-state index < -0.39 is 37.3 Å². The number of nitrogens with zero attached hydrogens (tertiary/aromatic N) is 2. The maximum absolute atomic E-state index is 12.8. The quantitative estimate of drug-likeness (QED) is 0.451. The average Bonchev–Trinajstić information content (AvgIpc) is 2.58. The summed E-state index contributed by atoms with van der Waals surface area (Å²) in [4.78, 5) is 9.83. The number of nitrogens with two attached hydrogens (primary N) is 1. The molecule has 2 rings (SSSR count). The standard InChI is InChI=1S/C15H13F3N4O4S/c1-9(10-3-2-4-11(7-10)15(16,17)18)20-21-13-6-5-12(27(19,25)26)8-14(13)22(23)24/h2-8,21H,1H3,(H2,19,25,26). The number of rotatable bonds is 5. The number of anilines is 1. The number of hydrogen-bond acceptors (Lipinski definition) is 6. The Bertz CT molecular complexity index is 1020. The van der Waals surface area contributed by atoms with Crippen molar-refractivity contribution in [2.45, 2.75) is 18.0 Å². The second kappa shape index (κ2) is 7.32. The van der Waals surface area contributed by atoms with Crippen molar-refractivity contribution < 1.29 is 26.5 Å². The summed E-state index contributed by atoms with van der Waals surface area (Å²) in [5, 5.41) is 19.9. The van der Waals surface area contributed by atoms with Gasteiger partial charge in [-0.25, -0.2) is 13.6 Å². The lowest BCUT2D eigenvalue weighted by molar-refractivity contribution is -0.384. The molecule has 0 fully saturated rings. The van der Waals surface area contributed by atoms with Gasteiger partial charge in [0.05, 0.1) is 21.1 Å². The van der Waals surface area contributed by atoms with Crippen LogP contribution in [0.2, 0.25) is 0 Å². The fourth-order valence-corrected chi connectivity index (χ4v) is 2.60. The first-order valence-electron chi connectivity index (χ1n) is 7.19. The van der Waals surface area contributed by atoms with Crippen LogP contribution in [0.5, 0.6) is 0 Å². The van der Waals surface area contributed by atoms with E-state index in [1.165, 1.54) is 19.1 Å². The van der Waals surface area contributed by atoms with Gasteiger partial charge in [0.25, 0.3) is 5.69 Å². The van der Waals surface area contributed by atoms with E-state index in [9.17, 15) is 31.7 Å². The summed E-state index contributed by atoms with van der Waals surface area (Å²) in [7, 11) is -4.14. The van der Waals surface area contributed by atoms with Gasteiger partial charge in [0, 0.05) is 6.07 Å². The van der Waals surface area contributed by atoms with Gasteiger partial charge in [0.15, 0.2) is 0 Å². The van der Waals surface area contributed by atoms with Crippen molar-refractivity contribution in [3.63, 3.8) is 0 Å². The average molecular weight is 402 g/mol. The maximum atomic E-state index is 12.8. The van der Waals surface area contributed by atoms with Gasteiger partial charge in [-0.15, -0.1) is 0 Å². The highest BCUT2D eigenvalue weighted by Gasteiger charge is 2.30. The van der Waals surface area contributed by atoms with E-state index in [0.717, 1.165) is 30.3 Å². The first kappa shape index (κ1) is 20.3. The summed E-state index contributed by atoms with van der Waals surface area (Å²) < 4.78 is 60.9. The number of alkyl halides is 3. The van der Waals surface area contributed by atoms with Crippen LogP contribution in [0.15, 0.2) is 52.5 Å². The predicted octanol–water partition coefficient (Wildman–Crippen LogP) is 3.10. The van der Waals surface area contributed by atoms with Crippen molar-refractivity contribution in [3.05, 3.63) is 63.7 Å². The van der Waals surface area contributed by atoms with Crippen LogP contribution in [0.25, 0.3) is 0 Å². The van der Waals surface area contributed by atoms with Gasteiger partial charge in [-0.05, 0) is 36.8 Å². The maximum Gasteiger partial charge on any atom is 0.416 e. The SMILES string of the molecule is CC(=NNc1ccc(S(N)(=O)=O)cc1[N+](=O)[O-])c1cccc(C(F)(F)F)c1. The molecule has 0 amide bonds. The molecule has 0 spiro atoms. The molecule has 3 N–H and O–H groups in total. The van der Waals surface area contributed by atoms with E-state index in [1.807, 2.05) is 0 Å². The third kappa shape index (κ3) is 5.01. The molecule has 0 unspecified atom stereocenters. The number of hydrazone groups is 1. The highest BCUT2D eigenvalue weighted by Crippen LogP contribution is 2.30. The second-order valence-corrected chi connectivity index (χ2v) is 6.93. The van der Waals surface area contributed by atoms with E-state index in [1.54, 1.807) is 0 Å². The molecule has 0 aliphatic carbocycles. The number of sulfonamides is 1. The highest BCUT2D eigenvalue weighted by molar-refractivity contribution is 7.89. The lowest BCUT2D eigenvalue weighted by atomic mass is 10.1. The number of nitrogens with one attached hydrogen (secondary N) is 1. The molecule has 0 saturated heterocycles. The summed E-state index contributed by atoms with van der Waals surface area (Å²) >= 11 is 0. The minimum Gasteiger partial charge on any atom is -0.271 e. The van der Waals surface area contributed by atoms with Gasteiger partial charge < -0.3 is 0 Å². The molecule has 0 bridgehead atoms. The third-order valence-corrected chi connectivity index (χ3v) is 4.36. The zero-order chi connectivity index (χ0) is 20.4. The highest BCUT2D eigenvalue weighted by atomic mass is 32.2. The van der Waals surface area contributed by atoms with Crippen LogP contribution in [0.4, 0.5) is 24.5 Å². The molecule has 0 aromatic heterocycles. The molecule has 0 heterocycles. The molecule has 12 heteroatoms. The van der Waals surface area contributed by atoms with Crippen LogP contribution in [0.1, 0.15) is 18.1 Å². The Labute approximate surface area is 151 Å². The molecule has 0 saturated carbocycles. The van der Waals surface area contributed by atoms with Crippen LogP contribution in [-0.4, -0.2) is 19.1 Å². The summed E-state index contributed by atoms with van der Waals surface area (Å²) in [5.74, 6) is 0. The van der Waals surface area contributed by atoms with E-state index in [0.29, 0.717) is 0 Å². The predicted molar refractivity (Wildman–Crippen MR) is 91.7 cm³/mol. The summed E-state index contributed by atoms with van der Waals surface area (Å²) in [6, 6.07) is 7.28. The van der Waals surface area contributed by atoms with Crippen LogP contribution in [-0.2, 0) is 16.2 Å². The Morgan fingerprint density at radius 3 is 2.44 bits per heavy atom. The first-order valence-corrected chi connectivity index (χ1v) is 8.73. The molecular formula is C15H13F3N4O4S. The van der Waals surface area contributed by atoms with Crippen LogP contribution in [0, 0.1) is 10.1 Å². The number of halogens is 3. The largest absolute Gasteiger partial charge is 0.416 e. The minimum atomic E-state index is -4.52. The zero-order valence-electron chi connectivity index (χ0n) is 13.7. The van der Waals surface area contributed by atoms with Crippen molar-refractivity contribution in [3.8, 4) is 0 Å². The summed E-state index contributed by atoms with van der Waals surface area (Å²) in [6.45, 7) is 1.41. The molecule has 0 radical (unpaired) electrons. The molecule has 27 heavy (non-hydrogen) atoms. The first-order chi connectivity index (χ1) is 12.4. The number of benzene rings is 2. The van der Waals surface area contributed by atoms with Gasteiger partial charge in [-0.2, -0.15) is 18.3 Å². The lowest BCUT2D eigenvalue weighted by Gasteiger charge is -2.09. The monoisotopic (exact) mass is 402 g/mol. The zero-order valence-corrected chi connectivity index (χ0v) is 14.5. The summed E-state index contributed by atoms with van der Waals surface area (Å²) in [5.41, 5.74) is 1.02. The number of hydrogen-bond donors (Lipinski definition) is 2. The normalized spacial score (nSPS) is 12.7. The summed E-state index contributed by atoms with van der Waals surface area (Å²) in [6.07, 6.45) is -4.52. The Morgan fingerprint density at radius 2 is 1.89 bits per heavy atom. The van der Waals surface area contributed by atoms with E-state index in [-0.39, 0.29) is 17.0 Å². The van der Waals surface area contributed by atoms with Gasteiger partial charge in [-0.1, -0.05) is 12.1 Å². The Balaban J connectivity index is 2.36. The van der Waals surface area contributed by atoms with E-state index >= 15 is 0 Å². The van der Waals surface area contributed by atoms with E-state index in [2.05, 4.69) is 10.5 Å². The number of primary sulfonamides is 1. The van der Waals surface area contributed by atoms with Crippen LogP contribution >= 0.6 is 0 Å². The Hall–Kier alpha value is -2.99. The molecule has 144 valence electrons. The van der Waals surface area contributed by atoms with Crippen molar-refractivity contribution in [1.82, 2.24) is 0 Å². The number of nitro benzene ring substituents is 1. The Kier molecular flexibility index (Phi) is 5.51. The molecule has 0 aliphatic heterocycles. The van der Waals surface area contributed by atoms with Crippen molar-refractivity contribution >= 4 is 27.1 Å². The fraction of sp³-hybridized carbons (Fsp3) is 0.133. The van der Waals surface area contributed by atoms with E-state index in [4.69, 9.17) is 5.14 Å². The molecule has 2 aromatic carbocycles. The minimum absolute atomic E-state index is 0.130. The van der Waals surface area contributed by atoms with Crippen molar-refractivity contribution in [2.24, 2.45) is 10.2 Å². The lowest BCUT2D eigenvalue weighted by Crippen LogP contribution is -2.12. The van der Waals surface area contributed by atoms with Gasteiger partial charge in [-0.3, -0.25) is 15.5 Å². The molecule has 8 nitrogen and oxygen atoms in total. The Morgan fingerprint density at radius 1 is 1.22 bits per heavy atom. The third-order valence-electron chi connectivity index (χ3n) is 3.45. The molecule has 2 aromatic rings. The fourth-order valence-electron chi connectivity index (χ4n) is 2.06. The molecular weight excluding hydrogens is 389 g/mol. The van der Waals surface area contributed by atoms with Gasteiger partial charge >= 0.3 is 6.18 Å². The van der Waals surface area contributed by atoms with Gasteiger partial charge in [0.1, 0.15) is 5.69 Å². The topological polar surface area (TPSA) is 128 Å². The van der Waals surface area contributed by atoms with Crippen molar-refractivity contribution in [1.29, 1.82) is 0 Å². The molecule has 0 aliphatic rings. The smallest absolute Gasteiger partial charge is 0.271 e. The van der Waals surface area contributed by atoms with Crippen molar-refractivity contribution in [2.75, 3.05) is 5.43 Å².